The van der Waals surface area contributed by atoms with Crippen molar-refractivity contribution in [3.05, 3.63) is 34.7 Å². The number of hydrogen-bond acceptors (Lipinski definition) is 0. The van der Waals surface area contributed by atoms with Gasteiger partial charge < -0.3 is 0 Å². The van der Waals surface area contributed by atoms with Gasteiger partial charge in [-0.15, -0.1) is 0 Å². The van der Waals surface area contributed by atoms with E-state index in [-0.39, 0.29) is 8.65 Å². The van der Waals surface area contributed by atoms with E-state index in [0.717, 1.165) is 8.96 Å². The lowest BCUT2D eigenvalue weighted by Crippen LogP contribution is -2.50. The molecule has 0 radical (unpaired) electrons. The van der Waals surface area contributed by atoms with Crippen molar-refractivity contribution in [2.45, 2.75) is 22.5 Å². The first-order valence-electron chi connectivity index (χ1n) is 4.83. The molecule has 2 atom stereocenters. The molecule has 2 rings (SSSR count). The molecule has 0 nitrogen and oxygen atoms in total. The van der Waals surface area contributed by atoms with Crippen molar-refractivity contribution < 1.29 is 0 Å². The fourth-order valence-electron chi connectivity index (χ4n) is 1.78. The van der Waals surface area contributed by atoms with Crippen molar-refractivity contribution in [2.24, 2.45) is 0 Å². The Balaban J connectivity index is 3.02. The molecule has 0 saturated carbocycles. The molecule has 0 N–H and O–H groups in total. The van der Waals surface area contributed by atoms with E-state index >= 15 is 0 Å². The summed E-state index contributed by atoms with van der Waals surface area (Å²) in [5.41, 5.74) is 0. The molecule has 16 heavy (non-hydrogen) atoms. The molecule has 0 spiro atoms. The van der Waals surface area contributed by atoms with Crippen LogP contribution in [-0.4, -0.2) is 8.65 Å². The summed E-state index contributed by atoms with van der Waals surface area (Å²) >= 11 is 15.1. The van der Waals surface area contributed by atoms with E-state index in [1.807, 2.05) is 0 Å². The van der Waals surface area contributed by atoms with Crippen LogP contribution in [0.1, 0.15) is 13.8 Å². The summed E-state index contributed by atoms with van der Waals surface area (Å²) in [5.74, 6) is 0. The summed E-state index contributed by atoms with van der Waals surface area (Å²) in [6, 6.07) is 8.37. The zero-order valence-corrected chi connectivity index (χ0v) is 15.2. The molecule has 1 aliphatic carbocycles. The molecule has 86 valence electrons. The van der Waals surface area contributed by atoms with Gasteiger partial charge in [-0.05, 0) is 24.3 Å². The third-order valence-electron chi connectivity index (χ3n) is 3.11. The van der Waals surface area contributed by atoms with Crippen LogP contribution in [0.15, 0.2) is 24.3 Å². The fraction of sp³-hybridized carbons (Fsp3) is 0.333. The predicted octanol–water partition coefficient (Wildman–Crippen LogP) is 4.01. The Hall–Kier alpha value is 0.880. The Morgan fingerprint density at radius 1 is 0.812 bits per heavy atom. The highest BCUT2D eigenvalue weighted by molar-refractivity contribution is 9.18. The molecule has 1 aromatic carbocycles. The first-order chi connectivity index (χ1) is 7.30. The minimum atomic E-state index is -0.173. The fourth-order valence-corrected chi connectivity index (χ4v) is 4.62. The number of benzene rings is 1. The van der Waals surface area contributed by atoms with E-state index in [1.165, 1.54) is 10.4 Å². The van der Waals surface area contributed by atoms with Gasteiger partial charge >= 0.3 is 0 Å². The molecule has 0 aromatic heterocycles. The number of fused-ring (bicyclic) bond motifs is 1. The number of halogens is 4. The molecule has 0 saturated heterocycles. The highest BCUT2D eigenvalue weighted by Gasteiger charge is 2.47. The van der Waals surface area contributed by atoms with Crippen LogP contribution < -0.4 is 10.4 Å². The summed E-state index contributed by atoms with van der Waals surface area (Å²) in [4.78, 5) is 0. The average molecular weight is 474 g/mol. The minimum Gasteiger partial charge on any atom is -0.0779 e. The zero-order chi connectivity index (χ0) is 12.1. The second-order valence-corrected chi connectivity index (χ2v) is 8.94. The van der Waals surface area contributed by atoms with E-state index in [1.54, 1.807) is 0 Å². The van der Waals surface area contributed by atoms with Crippen LogP contribution >= 0.6 is 63.7 Å². The van der Waals surface area contributed by atoms with Crippen molar-refractivity contribution in [3.63, 3.8) is 0 Å². The van der Waals surface area contributed by atoms with Crippen molar-refractivity contribution in [2.75, 3.05) is 0 Å². The van der Waals surface area contributed by atoms with Crippen molar-refractivity contribution in [3.8, 4) is 0 Å². The van der Waals surface area contributed by atoms with Gasteiger partial charge in [-0.25, -0.2) is 0 Å². The summed E-state index contributed by atoms with van der Waals surface area (Å²) < 4.78 is 1.98. The van der Waals surface area contributed by atoms with Gasteiger partial charge in [-0.3, -0.25) is 0 Å². The Morgan fingerprint density at radius 3 is 1.44 bits per heavy atom. The van der Waals surface area contributed by atoms with E-state index in [4.69, 9.17) is 0 Å². The van der Waals surface area contributed by atoms with Crippen molar-refractivity contribution in [1.82, 2.24) is 0 Å². The maximum Gasteiger partial charge on any atom is 0.0745 e. The van der Waals surface area contributed by atoms with Crippen LogP contribution in [0.2, 0.25) is 0 Å². The molecule has 0 amide bonds. The number of rotatable bonds is 0. The average Bonchev–Trinajstić information content (AvgIpc) is 2.25. The normalized spacial score (nSPS) is 33.9. The van der Waals surface area contributed by atoms with Crippen LogP contribution in [0.5, 0.6) is 0 Å². The van der Waals surface area contributed by atoms with Crippen LogP contribution in [0, 0.1) is 0 Å². The topological polar surface area (TPSA) is 0 Å². The van der Waals surface area contributed by atoms with Gasteiger partial charge in [-0.1, -0.05) is 88.0 Å². The van der Waals surface area contributed by atoms with Crippen LogP contribution in [0.25, 0.3) is 8.96 Å². The summed E-state index contributed by atoms with van der Waals surface area (Å²) in [7, 11) is 0. The largest absolute Gasteiger partial charge is 0.0779 e. The minimum absolute atomic E-state index is 0.173. The number of hydrogen-bond donors (Lipinski definition) is 0. The summed E-state index contributed by atoms with van der Waals surface area (Å²) in [6.07, 6.45) is 0. The first kappa shape index (κ1) is 13.3. The predicted molar refractivity (Wildman–Crippen MR) is 85.0 cm³/mol. The first-order valence-corrected chi connectivity index (χ1v) is 8.01. The van der Waals surface area contributed by atoms with E-state index < -0.39 is 0 Å². The molecule has 2 unspecified atom stereocenters. The highest BCUT2D eigenvalue weighted by Crippen LogP contribution is 2.52. The van der Waals surface area contributed by atoms with Gasteiger partial charge in [-0.2, -0.15) is 0 Å². The molecule has 1 aromatic rings. The number of alkyl halides is 2. The monoisotopic (exact) mass is 470 g/mol. The smallest absolute Gasteiger partial charge is 0.0745 e. The van der Waals surface area contributed by atoms with Gasteiger partial charge in [0.25, 0.3) is 0 Å². The van der Waals surface area contributed by atoms with Gasteiger partial charge in [0.15, 0.2) is 0 Å². The molecule has 0 bridgehead atoms. The molecule has 0 fully saturated rings. The second-order valence-electron chi connectivity index (χ2n) is 4.18. The van der Waals surface area contributed by atoms with E-state index in [2.05, 4.69) is 102 Å². The molecule has 0 aliphatic heterocycles. The van der Waals surface area contributed by atoms with Crippen LogP contribution in [0.4, 0.5) is 0 Å². The van der Waals surface area contributed by atoms with Crippen LogP contribution in [0.3, 0.4) is 0 Å². The maximum atomic E-state index is 3.81. The lowest BCUT2D eigenvalue weighted by Gasteiger charge is -2.40. The van der Waals surface area contributed by atoms with E-state index in [0.29, 0.717) is 0 Å². The zero-order valence-electron chi connectivity index (χ0n) is 8.82. The quantitative estimate of drug-likeness (QED) is 0.500. The van der Waals surface area contributed by atoms with Crippen molar-refractivity contribution >= 4 is 72.7 Å². The Kier molecular flexibility index (Phi) is 3.51. The van der Waals surface area contributed by atoms with Crippen molar-refractivity contribution in [1.29, 1.82) is 0 Å². The second kappa shape index (κ2) is 4.22. The summed E-state index contributed by atoms with van der Waals surface area (Å²) in [6.45, 7) is 4.31. The summed E-state index contributed by atoms with van der Waals surface area (Å²) in [5, 5.41) is 2.45. The van der Waals surface area contributed by atoms with Crippen LogP contribution in [-0.2, 0) is 0 Å². The van der Waals surface area contributed by atoms with Gasteiger partial charge in [0, 0.05) is 8.96 Å². The Bertz CT molecular complexity index is 504. The molecular formula is C12H10Br4. The lowest BCUT2D eigenvalue weighted by molar-refractivity contribution is 0.724. The van der Waals surface area contributed by atoms with Gasteiger partial charge in [0.05, 0.1) is 8.65 Å². The Labute approximate surface area is 129 Å². The third kappa shape index (κ3) is 1.72. The van der Waals surface area contributed by atoms with Gasteiger partial charge in [0.1, 0.15) is 0 Å². The standard InChI is InChI=1S/C12H10Br4/c1-11(15)9(13)7-5-3-4-6-8(7)10(14)12(11,2)16/h3-6H,1-2H3. The third-order valence-corrected chi connectivity index (χ3v) is 9.52. The SMILES string of the molecule is CC1(Br)C(Br)=c2ccccc2=C(Br)C1(C)Br. The molecule has 4 heteroatoms. The molecular weight excluding hydrogens is 464 g/mol. The molecule has 1 aliphatic rings. The molecule has 0 heterocycles. The van der Waals surface area contributed by atoms with Gasteiger partial charge in [0.2, 0.25) is 0 Å². The lowest BCUT2D eigenvalue weighted by atomic mass is 9.89. The van der Waals surface area contributed by atoms with E-state index in [9.17, 15) is 0 Å². The Morgan fingerprint density at radius 2 is 1.12 bits per heavy atom. The maximum absolute atomic E-state index is 3.81. The highest BCUT2D eigenvalue weighted by atomic mass is 79.9.